The van der Waals surface area contributed by atoms with Gasteiger partial charge in [0.15, 0.2) is 11.5 Å². The maximum Gasteiger partial charge on any atom is 0.271 e. The zero-order valence-corrected chi connectivity index (χ0v) is 10.9. The Kier molecular flexibility index (Phi) is 4.74. The fourth-order valence-corrected chi connectivity index (χ4v) is 1.65. The van der Waals surface area contributed by atoms with Crippen molar-refractivity contribution in [3.8, 4) is 11.5 Å². The number of hydrogen-bond donors (Lipinski definition) is 3. The number of carbonyl (C=O) groups excluding carboxylic acids is 1. The van der Waals surface area contributed by atoms with Gasteiger partial charge in [0.05, 0.1) is 6.26 Å². The van der Waals surface area contributed by atoms with Crippen LogP contribution in [0, 0.1) is 0 Å². The van der Waals surface area contributed by atoms with Gasteiger partial charge in [-0.1, -0.05) is 6.92 Å². The van der Waals surface area contributed by atoms with Crippen molar-refractivity contribution in [1.29, 1.82) is 0 Å². The van der Waals surface area contributed by atoms with E-state index >= 15 is 0 Å². The standard InChI is InChI=1S/C13H18N4O2/c1-2-5-14-6-7-15-13(18)11-9-10(16-17-11)12-4-3-8-19-12/h3-4,8-9,14H,2,5-7H2,1H3,(H,15,18)(H,16,17). The lowest BCUT2D eigenvalue weighted by Crippen LogP contribution is -2.32. The third-order valence-corrected chi connectivity index (χ3v) is 2.61. The van der Waals surface area contributed by atoms with E-state index in [4.69, 9.17) is 4.42 Å². The van der Waals surface area contributed by atoms with E-state index in [1.54, 1.807) is 18.4 Å². The van der Waals surface area contributed by atoms with E-state index in [-0.39, 0.29) is 5.91 Å². The molecule has 0 aromatic carbocycles. The Morgan fingerprint density at radius 1 is 1.42 bits per heavy atom. The molecule has 6 heteroatoms. The van der Waals surface area contributed by atoms with Gasteiger partial charge in [0.25, 0.3) is 5.91 Å². The molecule has 102 valence electrons. The molecule has 0 aliphatic heterocycles. The molecule has 0 saturated carbocycles. The zero-order chi connectivity index (χ0) is 13.5. The average Bonchev–Trinajstić information content (AvgIpc) is 3.08. The summed E-state index contributed by atoms with van der Waals surface area (Å²) in [4.78, 5) is 11.8. The van der Waals surface area contributed by atoms with Crippen LogP contribution < -0.4 is 10.6 Å². The number of rotatable bonds is 7. The lowest BCUT2D eigenvalue weighted by atomic mass is 10.3. The summed E-state index contributed by atoms with van der Waals surface area (Å²) in [5.41, 5.74) is 1.06. The summed E-state index contributed by atoms with van der Waals surface area (Å²) < 4.78 is 5.23. The highest BCUT2D eigenvalue weighted by Crippen LogP contribution is 2.17. The van der Waals surface area contributed by atoms with Crippen molar-refractivity contribution in [2.24, 2.45) is 0 Å². The first-order valence-corrected chi connectivity index (χ1v) is 6.39. The van der Waals surface area contributed by atoms with Crippen molar-refractivity contribution < 1.29 is 9.21 Å². The van der Waals surface area contributed by atoms with E-state index in [9.17, 15) is 4.79 Å². The molecule has 2 rings (SSSR count). The summed E-state index contributed by atoms with van der Waals surface area (Å²) in [5, 5.41) is 12.8. The molecule has 0 bridgehead atoms. The number of furan rings is 1. The molecule has 0 aliphatic rings. The minimum atomic E-state index is -0.188. The Balaban J connectivity index is 1.83. The van der Waals surface area contributed by atoms with Crippen molar-refractivity contribution in [1.82, 2.24) is 20.8 Å². The quantitative estimate of drug-likeness (QED) is 0.659. The molecular weight excluding hydrogens is 244 g/mol. The van der Waals surface area contributed by atoms with E-state index in [1.807, 2.05) is 6.07 Å². The summed E-state index contributed by atoms with van der Waals surface area (Å²) in [7, 11) is 0. The maximum atomic E-state index is 11.8. The highest BCUT2D eigenvalue weighted by atomic mass is 16.3. The molecule has 0 saturated heterocycles. The van der Waals surface area contributed by atoms with Crippen molar-refractivity contribution in [2.75, 3.05) is 19.6 Å². The molecule has 0 spiro atoms. The van der Waals surface area contributed by atoms with Crippen LogP contribution in [0.2, 0.25) is 0 Å². The normalized spacial score (nSPS) is 10.6. The SMILES string of the molecule is CCCNCCNC(=O)c1cc(-c2ccco2)[nH]n1. The third-order valence-electron chi connectivity index (χ3n) is 2.61. The highest BCUT2D eigenvalue weighted by molar-refractivity contribution is 5.93. The summed E-state index contributed by atoms with van der Waals surface area (Å²) >= 11 is 0. The number of aromatic nitrogens is 2. The van der Waals surface area contributed by atoms with Gasteiger partial charge in [0.2, 0.25) is 0 Å². The van der Waals surface area contributed by atoms with Crippen molar-refractivity contribution >= 4 is 5.91 Å². The monoisotopic (exact) mass is 262 g/mol. The number of carbonyl (C=O) groups is 1. The molecule has 0 fully saturated rings. The molecule has 0 radical (unpaired) electrons. The van der Waals surface area contributed by atoms with Crippen LogP contribution in [-0.2, 0) is 0 Å². The second kappa shape index (κ2) is 6.75. The van der Waals surface area contributed by atoms with Crippen molar-refractivity contribution in [3.63, 3.8) is 0 Å². The zero-order valence-electron chi connectivity index (χ0n) is 10.9. The smallest absolute Gasteiger partial charge is 0.271 e. The van der Waals surface area contributed by atoms with Gasteiger partial charge in [-0.3, -0.25) is 9.89 Å². The molecule has 6 nitrogen and oxygen atoms in total. The van der Waals surface area contributed by atoms with Gasteiger partial charge in [-0.2, -0.15) is 5.10 Å². The lowest BCUT2D eigenvalue weighted by Gasteiger charge is -2.03. The first-order valence-electron chi connectivity index (χ1n) is 6.39. The highest BCUT2D eigenvalue weighted by Gasteiger charge is 2.11. The molecule has 2 aromatic heterocycles. The van der Waals surface area contributed by atoms with Gasteiger partial charge in [0.1, 0.15) is 5.69 Å². The Morgan fingerprint density at radius 2 is 2.32 bits per heavy atom. The molecule has 3 N–H and O–H groups in total. The Bertz CT molecular complexity index is 504. The number of nitrogens with zero attached hydrogens (tertiary/aromatic N) is 1. The van der Waals surface area contributed by atoms with Gasteiger partial charge < -0.3 is 15.1 Å². The van der Waals surface area contributed by atoms with Gasteiger partial charge in [-0.15, -0.1) is 0 Å². The van der Waals surface area contributed by atoms with Crippen LogP contribution in [0.5, 0.6) is 0 Å². The number of amides is 1. The molecular formula is C13H18N4O2. The topological polar surface area (TPSA) is 83.0 Å². The first kappa shape index (κ1) is 13.4. The van der Waals surface area contributed by atoms with E-state index in [1.165, 1.54) is 0 Å². The Morgan fingerprint density at radius 3 is 3.05 bits per heavy atom. The van der Waals surface area contributed by atoms with Crippen LogP contribution in [0.1, 0.15) is 23.8 Å². The van der Waals surface area contributed by atoms with Gasteiger partial charge in [-0.25, -0.2) is 0 Å². The minimum Gasteiger partial charge on any atom is -0.463 e. The van der Waals surface area contributed by atoms with Crippen LogP contribution in [0.3, 0.4) is 0 Å². The molecule has 0 atom stereocenters. The third kappa shape index (κ3) is 3.69. The van der Waals surface area contributed by atoms with Gasteiger partial charge >= 0.3 is 0 Å². The number of hydrogen-bond acceptors (Lipinski definition) is 4. The fraction of sp³-hybridized carbons (Fsp3) is 0.385. The molecule has 0 unspecified atom stereocenters. The lowest BCUT2D eigenvalue weighted by molar-refractivity contribution is 0.0949. The van der Waals surface area contributed by atoms with Crippen LogP contribution >= 0.6 is 0 Å². The van der Waals surface area contributed by atoms with E-state index in [2.05, 4.69) is 27.8 Å². The Labute approximate surface area is 111 Å². The summed E-state index contributed by atoms with van der Waals surface area (Å²) in [6, 6.07) is 5.27. The van der Waals surface area contributed by atoms with Crippen LogP contribution in [0.25, 0.3) is 11.5 Å². The predicted molar refractivity (Wildman–Crippen MR) is 71.8 cm³/mol. The predicted octanol–water partition coefficient (Wildman–Crippen LogP) is 1.40. The van der Waals surface area contributed by atoms with E-state index < -0.39 is 0 Å². The van der Waals surface area contributed by atoms with Crippen LogP contribution in [-0.4, -0.2) is 35.7 Å². The van der Waals surface area contributed by atoms with Gasteiger partial charge in [-0.05, 0) is 25.1 Å². The molecule has 0 aliphatic carbocycles. The number of nitrogens with one attached hydrogen (secondary N) is 3. The summed E-state index contributed by atoms with van der Waals surface area (Å²) in [5.74, 6) is 0.475. The largest absolute Gasteiger partial charge is 0.463 e. The minimum absolute atomic E-state index is 0.188. The molecule has 2 aromatic rings. The molecule has 19 heavy (non-hydrogen) atoms. The van der Waals surface area contributed by atoms with Crippen molar-refractivity contribution in [2.45, 2.75) is 13.3 Å². The number of H-pyrrole nitrogens is 1. The van der Waals surface area contributed by atoms with Gasteiger partial charge in [0, 0.05) is 19.2 Å². The Hall–Kier alpha value is -2.08. The van der Waals surface area contributed by atoms with E-state index in [0.717, 1.165) is 19.5 Å². The van der Waals surface area contributed by atoms with E-state index in [0.29, 0.717) is 23.7 Å². The average molecular weight is 262 g/mol. The summed E-state index contributed by atoms with van der Waals surface area (Å²) in [6.45, 7) is 4.41. The summed E-state index contributed by atoms with van der Waals surface area (Å²) in [6.07, 6.45) is 2.66. The van der Waals surface area contributed by atoms with Crippen molar-refractivity contribution in [3.05, 3.63) is 30.2 Å². The van der Waals surface area contributed by atoms with Crippen LogP contribution in [0.4, 0.5) is 0 Å². The maximum absolute atomic E-state index is 11.8. The van der Waals surface area contributed by atoms with Crippen LogP contribution in [0.15, 0.2) is 28.9 Å². The second-order valence-electron chi connectivity index (χ2n) is 4.15. The number of aromatic amines is 1. The fourth-order valence-electron chi connectivity index (χ4n) is 1.65. The first-order chi connectivity index (χ1) is 9.31. The second-order valence-corrected chi connectivity index (χ2v) is 4.15. The molecule has 2 heterocycles. The molecule has 1 amide bonds.